The fourth-order valence-corrected chi connectivity index (χ4v) is 1.85. The van der Waals surface area contributed by atoms with Gasteiger partial charge < -0.3 is 9.64 Å². The standard InChI is InChI=1S/C12H14N2O3/c1-17-11-10(3-2-6-13-11)12(16)14-7-4-9(15)5-8-14/h2-3,6H,4-5,7-8H2,1H3. The molecule has 0 bridgehead atoms. The number of likely N-dealkylation sites (tertiary alicyclic amines) is 1. The quantitative estimate of drug-likeness (QED) is 0.762. The zero-order valence-electron chi connectivity index (χ0n) is 9.68. The lowest BCUT2D eigenvalue weighted by Crippen LogP contribution is -2.38. The molecule has 1 saturated heterocycles. The molecule has 5 nitrogen and oxygen atoms in total. The van der Waals surface area contributed by atoms with Crippen molar-refractivity contribution in [3.63, 3.8) is 0 Å². The van der Waals surface area contributed by atoms with Crippen molar-refractivity contribution in [2.24, 2.45) is 0 Å². The fraction of sp³-hybridized carbons (Fsp3) is 0.417. The van der Waals surface area contributed by atoms with Crippen LogP contribution in [0.3, 0.4) is 0 Å². The Balaban J connectivity index is 2.16. The van der Waals surface area contributed by atoms with Crippen molar-refractivity contribution in [1.29, 1.82) is 0 Å². The summed E-state index contributed by atoms with van der Waals surface area (Å²) < 4.78 is 5.05. The molecule has 0 N–H and O–H groups in total. The van der Waals surface area contributed by atoms with Crippen LogP contribution in [0.1, 0.15) is 23.2 Å². The zero-order chi connectivity index (χ0) is 12.3. The Morgan fingerprint density at radius 1 is 1.41 bits per heavy atom. The Morgan fingerprint density at radius 3 is 2.76 bits per heavy atom. The minimum Gasteiger partial charge on any atom is -0.480 e. The first-order valence-corrected chi connectivity index (χ1v) is 5.52. The lowest BCUT2D eigenvalue weighted by molar-refractivity contribution is -0.120. The number of hydrogen-bond acceptors (Lipinski definition) is 4. The molecule has 1 aliphatic heterocycles. The number of pyridine rings is 1. The van der Waals surface area contributed by atoms with Gasteiger partial charge in [-0.15, -0.1) is 0 Å². The number of nitrogens with zero attached hydrogens (tertiary/aromatic N) is 2. The molecule has 17 heavy (non-hydrogen) atoms. The van der Waals surface area contributed by atoms with Gasteiger partial charge in [-0.05, 0) is 12.1 Å². The summed E-state index contributed by atoms with van der Waals surface area (Å²) in [5.74, 6) is 0.420. The van der Waals surface area contributed by atoms with Gasteiger partial charge in [0.2, 0.25) is 5.88 Å². The van der Waals surface area contributed by atoms with E-state index < -0.39 is 0 Å². The number of hydrogen-bond donors (Lipinski definition) is 0. The van der Waals surface area contributed by atoms with E-state index in [9.17, 15) is 9.59 Å². The van der Waals surface area contributed by atoms with Crippen molar-refractivity contribution in [2.75, 3.05) is 20.2 Å². The van der Waals surface area contributed by atoms with Gasteiger partial charge in [0.05, 0.1) is 7.11 Å². The molecule has 2 heterocycles. The van der Waals surface area contributed by atoms with Crippen molar-refractivity contribution < 1.29 is 14.3 Å². The van der Waals surface area contributed by atoms with E-state index in [4.69, 9.17) is 4.74 Å². The number of rotatable bonds is 2. The van der Waals surface area contributed by atoms with Crippen LogP contribution in [0.15, 0.2) is 18.3 Å². The number of amides is 1. The molecular formula is C12H14N2O3. The summed E-state index contributed by atoms with van der Waals surface area (Å²) in [6, 6.07) is 3.38. The molecule has 0 atom stereocenters. The highest BCUT2D eigenvalue weighted by Crippen LogP contribution is 2.18. The van der Waals surface area contributed by atoms with Crippen molar-refractivity contribution >= 4 is 11.7 Å². The van der Waals surface area contributed by atoms with Gasteiger partial charge in [0.25, 0.3) is 5.91 Å². The number of ether oxygens (including phenoxy) is 1. The van der Waals surface area contributed by atoms with Gasteiger partial charge in [-0.25, -0.2) is 4.98 Å². The average molecular weight is 234 g/mol. The van der Waals surface area contributed by atoms with Crippen LogP contribution in [-0.2, 0) is 4.79 Å². The Kier molecular flexibility index (Phi) is 3.37. The van der Waals surface area contributed by atoms with Crippen LogP contribution < -0.4 is 4.74 Å². The normalized spacial score (nSPS) is 15.8. The predicted molar refractivity (Wildman–Crippen MR) is 60.9 cm³/mol. The summed E-state index contributed by atoms with van der Waals surface area (Å²) >= 11 is 0. The monoisotopic (exact) mass is 234 g/mol. The maximum atomic E-state index is 12.2. The molecule has 2 rings (SSSR count). The summed E-state index contributed by atoms with van der Waals surface area (Å²) in [4.78, 5) is 29.0. The fourth-order valence-electron chi connectivity index (χ4n) is 1.85. The molecule has 0 aliphatic carbocycles. The Bertz CT molecular complexity index is 435. The van der Waals surface area contributed by atoms with Crippen LogP contribution in [0.25, 0.3) is 0 Å². The number of carbonyl (C=O) groups excluding carboxylic acids is 2. The Hall–Kier alpha value is -1.91. The summed E-state index contributed by atoms with van der Waals surface area (Å²) in [7, 11) is 1.48. The van der Waals surface area contributed by atoms with Gasteiger partial charge in [0.15, 0.2) is 0 Å². The average Bonchev–Trinajstić information content (AvgIpc) is 2.39. The van der Waals surface area contributed by atoms with Gasteiger partial charge in [-0.3, -0.25) is 9.59 Å². The van der Waals surface area contributed by atoms with E-state index in [1.807, 2.05) is 0 Å². The molecule has 5 heteroatoms. The van der Waals surface area contributed by atoms with E-state index in [2.05, 4.69) is 4.98 Å². The zero-order valence-corrected chi connectivity index (χ0v) is 9.68. The maximum absolute atomic E-state index is 12.2. The third-order valence-corrected chi connectivity index (χ3v) is 2.80. The SMILES string of the molecule is COc1ncccc1C(=O)N1CCC(=O)CC1. The smallest absolute Gasteiger partial charge is 0.259 e. The number of ketones is 1. The number of Topliss-reactive ketones (excluding diaryl/α,β-unsaturated/α-hetero) is 1. The van der Waals surface area contributed by atoms with Gasteiger partial charge in [0.1, 0.15) is 11.3 Å². The van der Waals surface area contributed by atoms with Crippen LogP contribution >= 0.6 is 0 Å². The molecule has 0 spiro atoms. The maximum Gasteiger partial charge on any atom is 0.259 e. The van der Waals surface area contributed by atoms with E-state index in [0.717, 1.165) is 0 Å². The molecule has 0 saturated carbocycles. The van der Waals surface area contributed by atoms with E-state index in [-0.39, 0.29) is 11.7 Å². The highest BCUT2D eigenvalue weighted by Gasteiger charge is 2.24. The molecule has 90 valence electrons. The summed E-state index contributed by atoms with van der Waals surface area (Å²) in [6.45, 7) is 0.964. The topological polar surface area (TPSA) is 59.5 Å². The molecule has 0 aromatic carbocycles. The largest absolute Gasteiger partial charge is 0.480 e. The number of aromatic nitrogens is 1. The van der Waals surface area contributed by atoms with Gasteiger partial charge in [-0.2, -0.15) is 0 Å². The lowest BCUT2D eigenvalue weighted by atomic mass is 10.1. The van der Waals surface area contributed by atoms with E-state index in [1.54, 1.807) is 23.2 Å². The second kappa shape index (κ2) is 4.95. The molecule has 1 aromatic rings. The molecule has 0 unspecified atom stereocenters. The molecule has 1 aliphatic rings. The molecule has 1 fully saturated rings. The van der Waals surface area contributed by atoms with Crippen molar-refractivity contribution in [3.8, 4) is 5.88 Å². The molecule has 1 aromatic heterocycles. The summed E-state index contributed by atoms with van der Waals surface area (Å²) in [5, 5.41) is 0. The molecular weight excluding hydrogens is 220 g/mol. The minimum atomic E-state index is -0.123. The van der Waals surface area contributed by atoms with Crippen LogP contribution in [0.5, 0.6) is 5.88 Å². The summed E-state index contributed by atoms with van der Waals surface area (Å²) in [5.41, 5.74) is 0.448. The van der Waals surface area contributed by atoms with Crippen LogP contribution in [0, 0.1) is 0 Å². The number of piperidine rings is 1. The first-order valence-electron chi connectivity index (χ1n) is 5.52. The van der Waals surface area contributed by atoms with Crippen LogP contribution in [0.4, 0.5) is 0 Å². The van der Waals surface area contributed by atoms with Crippen LogP contribution in [0.2, 0.25) is 0 Å². The first-order chi connectivity index (χ1) is 8.22. The van der Waals surface area contributed by atoms with E-state index in [1.165, 1.54) is 7.11 Å². The van der Waals surface area contributed by atoms with Gasteiger partial charge >= 0.3 is 0 Å². The van der Waals surface area contributed by atoms with Gasteiger partial charge in [0, 0.05) is 32.1 Å². The van der Waals surface area contributed by atoms with Crippen LogP contribution in [-0.4, -0.2) is 41.8 Å². The third-order valence-electron chi connectivity index (χ3n) is 2.80. The molecule has 1 amide bonds. The van der Waals surface area contributed by atoms with Crippen molar-refractivity contribution in [1.82, 2.24) is 9.88 Å². The second-order valence-corrected chi connectivity index (χ2v) is 3.89. The highest BCUT2D eigenvalue weighted by atomic mass is 16.5. The summed E-state index contributed by atoms with van der Waals surface area (Å²) in [6.07, 6.45) is 2.46. The Morgan fingerprint density at radius 2 is 2.12 bits per heavy atom. The number of carbonyl (C=O) groups is 2. The predicted octanol–water partition coefficient (Wildman–Crippen LogP) is 0.895. The number of methoxy groups -OCH3 is 1. The molecule has 0 radical (unpaired) electrons. The second-order valence-electron chi connectivity index (χ2n) is 3.89. The van der Waals surface area contributed by atoms with Crippen molar-refractivity contribution in [3.05, 3.63) is 23.9 Å². The van der Waals surface area contributed by atoms with Gasteiger partial charge in [-0.1, -0.05) is 0 Å². The Labute approximate surface area is 99.4 Å². The minimum absolute atomic E-state index is 0.123. The first kappa shape index (κ1) is 11.6. The lowest BCUT2D eigenvalue weighted by Gasteiger charge is -2.26. The highest BCUT2D eigenvalue weighted by molar-refractivity contribution is 5.97. The third kappa shape index (κ3) is 2.43. The van der Waals surface area contributed by atoms with Crippen molar-refractivity contribution in [2.45, 2.75) is 12.8 Å². The van der Waals surface area contributed by atoms with E-state index >= 15 is 0 Å². The van der Waals surface area contributed by atoms with E-state index in [0.29, 0.717) is 37.4 Å².